The molecule has 1 aliphatic carbocycles. The van der Waals surface area contributed by atoms with Gasteiger partial charge in [-0.1, -0.05) is 12.1 Å². The SMILES string of the molecule is COc1ccccc1OCC(O)CNCC1(O)CCC1. The summed E-state index contributed by atoms with van der Waals surface area (Å²) in [4.78, 5) is 0. The van der Waals surface area contributed by atoms with Gasteiger partial charge in [0, 0.05) is 13.1 Å². The summed E-state index contributed by atoms with van der Waals surface area (Å²) >= 11 is 0. The van der Waals surface area contributed by atoms with E-state index in [0.29, 0.717) is 24.6 Å². The van der Waals surface area contributed by atoms with Crippen LogP contribution in [0.1, 0.15) is 19.3 Å². The molecule has 5 nitrogen and oxygen atoms in total. The number of nitrogens with one attached hydrogen (secondary N) is 1. The molecule has 1 aromatic rings. The quantitative estimate of drug-likeness (QED) is 0.661. The van der Waals surface area contributed by atoms with E-state index < -0.39 is 11.7 Å². The third-order valence-electron chi connectivity index (χ3n) is 3.62. The van der Waals surface area contributed by atoms with Crippen LogP contribution in [-0.2, 0) is 0 Å². The molecule has 1 fully saturated rings. The lowest BCUT2D eigenvalue weighted by molar-refractivity contribution is -0.0334. The van der Waals surface area contributed by atoms with E-state index in [4.69, 9.17) is 9.47 Å². The fraction of sp³-hybridized carbons (Fsp3) is 0.600. The molecule has 1 unspecified atom stereocenters. The van der Waals surface area contributed by atoms with Crippen molar-refractivity contribution in [2.24, 2.45) is 0 Å². The van der Waals surface area contributed by atoms with Crippen LogP contribution in [0.5, 0.6) is 11.5 Å². The van der Waals surface area contributed by atoms with Crippen molar-refractivity contribution in [3.8, 4) is 11.5 Å². The number of hydrogen-bond acceptors (Lipinski definition) is 5. The molecular weight excluding hydrogens is 258 g/mol. The largest absolute Gasteiger partial charge is 0.493 e. The van der Waals surface area contributed by atoms with Crippen LogP contribution in [0.25, 0.3) is 0 Å². The summed E-state index contributed by atoms with van der Waals surface area (Å²) < 4.78 is 10.7. The van der Waals surface area contributed by atoms with Crippen molar-refractivity contribution < 1.29 is 19.7 Å². The van der Waals surface area contributed by atoms with Crippen LogP contribution in [0.3, 0.4) is 0 Å². The summed E-state index contributed by atoms with van der Waals surface area (Å²) in [5.74, 6) is 1.27. The molecule has 0 radical (unpaired) electrons. The lowest BCUT2D eigenvalue weighted by Crippen LogP contribution is -2.48. The Morgan fingerprint density at radius 2 is 2.00 bits per heavy atom. The third kappa shape index (κ3) is 4.10. The van der Waals surface area contributed by atoms with Gasteiger partial charge in [-0.15, -0.1) is 0 Å². The Kier molecular flexibility index (Phi) is 5.23. The summed E-state index contributed by atoms with van der Waals surface area (Å²) in [5.41, 5.74) is -0.566. The van der Waals surface area contributed by atoms with Gasteiger partial charge in [-0.2, -0.15) is 0 Å². The van der Waals surface area contributed by atoms with Crippen molar-refractivity contribution in [3.63, 3.8) is 0 Å². The zero-order valence-corrected chi connectivity index (χ0v) is 11.8. The van der Waals surface area contributed by atoms with E-state index in [0.717, 1.165) is 19.3 Å². The van der Waals surface area contributed by atoms with E-state index in [-0.39, 0.29) is 6.61 Å². The first-order valence-corrected chi connectivity index (χ1v) is 7.00. The maximum atomic E-state index is 9.91. The summed E-state index contributed by atoms with van der Waals surface area (Å²) in [5, 5.41) is 22.8. The standard InChI is InChI=1S/C15H23NO4/c1-19-13-5-2-3-6-14(13)20-10-12(17)9-16-11-15(18)7-4-8-15/h2-3,5-6,12,16-18H,4,7-11H2,1H3. The highest BCUT2D eigenvalue weighted by molar-refractivity contribution is 5.39. The van der Waals surface area contributed by atoms with Crippen molar-refractivity contribution in [1.82, 2.24) is 5.32 Å². The Morgan fingerprint density at radius 1 is 1.30 bits per heavy atom. The van der Waals surface area contributed by atoms with Crippen molar-refractivity contribution in [3.05, 3.63) is 24.3 Å². The first-order chi connectivity index (χ1) is 9.63. The van der Waals surface area contributed by atoms with Gasteiger partial charge in [-0.3, -0.25) is 0 Å². The number of methoxy groups -OCH3 is 1. The molecule has 0 amide bonds. The minimum absolute atomic E-state index is 0.186. The molecule has 0 bridgehead atoms. The first-order valence-electron chi connectivity index (χ1n) is 7.00. The van der Waals surface area contributed by atoms with Gasteiger partial charge in [0.15, 0.2) is 11.5 Å². The van der Waals surface area contributed by atoms with Crippen LogP contribution in [0.15, 0.2) is 24.3 Å². The Morgan fingerprint density at radius 3 is 2.60 bits per heavy atom. The number of hydrogen-bond donors (Lipinski definition) is 3. The van der Waals surface area contributed by atoms with Crippen molar-refractivity contribution in [2.45, 2.75) is 31.0 Å². The van der Waals surface area contributed by atoms with Crippen LogP contribution in [0.2, 0.25) is 0 Å². The molecule has 0 aliphatic heterocycles. The molecule has 0 aromatic heterocycles. The molecule has 20 heavy (non-hydrogen) atoms. The van der Waals surface area contributed by atoms with Gasteiger partial charge in [0.2, 0.25) is 0 Å². The number of aliphatic hydroxyl groups excluding tert-OH is 1. The second-order valence-electron chi connectivity index (χ2n) is 5.32. The van der Waals surface area contributed by atoms with Gasteiger partial charge in [0.05, 0.1) is 12.7 Å². The maximum absolute atomic E-state index is 9.91. The molecule has 0 saturated heterocycles. The van der Waals surface area contributed by atoms with Crippen LogP contribution < -0.4 is 14.8 Å². The Hall–Kier alpha value is -1.30. The van der Waals surface area contributed by atoms with Crippen molar-refractivity contribution in [1.29, 1.82) is 0 Å². The monoisotopic (exact) mass is 281 g/mol. The number of para-hydroxylation sites is 2. The van der Waals surface area contributed by atoms with Gasteiger partial charge in [-0.05, 0) is 31.4 Å². The van der Waals surface area contributed by atoms with Gasteiger partial charge in [-0.25, -0.2) is 0 Å². The molecule has 2 rings (SSSR count). The maximum Gasteiger partial charge on any atom is 0.161 e. The lowest BCUT2D eigenvalue weighted by atomic mass is 9.80. The van der Waals surface area contributed by atoms with Gasteiger partial charge < -0.3 is 25.0 Å². The van der Waals surface area contributed by atoms with Gasteiger partial charge in [0.1, 0.15) is 12.7 Å². The van der Waals surface area contributed by atoms with E-state index >= 15 is 0 Å². The van der Waals surface area contributed by atoms with Crippen LogP contribution in [0, 0.1) is 0 Å². The van der Waals surface area contributed by atoms with E-state index in [2.05, 4.69) is 5.32 Å². The average Bonchev–Trinajstić information content (AvgIpc) is 2.43. The Bertz CT molecular complexity index is 420. The molecule has 1 aromatic carbocycles. The Balaban J connectivity index is 1.68. The second-order valence-corrected chi connectivity index (χ2v) is 5.32. The zero-order chi connectivity index (χ0) is 14.4. The van der Waals surface area contributed by atoms with Gasteiger partial charge in [0.25, 0.3) is 0 Å². The lowest BCUT2D eigenvalue weighted by Gasteiger charge is -2.36. The van der Waals surface area contributed by atoms with Crippen LogP contribution >= 0.6 is 0 Å². The summed E-state index contributed by atoms with van der Waals surface area (Å²) in [6, 6.07) is 7.33. The van der Waals surface area contributed by atoms with E-state index in [1.165, 1.54) is 0 Å². The number of ether oxygens (including phenoxy) is 2. The predicted molar refractivity (Wildman–Crippen MR) is 76.2 cm³/mol. The Labute approximate surface area is 119 Å². The molecule has 112 valence electrons. The highest BCUT2D eigenvalue weighted by Crippen LogP contribution is 2.30. The summed E-state index contributed by atoms with van der Waals surface area (Å²) in [6.07, 6.45) is 2.14. The number of benzene rings is 1. The summed E-state index contributed by atoms with van der Waals surface area (Å²) in [7, 11) is 1.58. The molecule has 5 heteroatoms. The van der Waals surface area contributed by atoms with Crippen molar-refractivity contribution in [2.75, 3.05) is 26.8 Å². The smallest absolute Gasteiger partial charge is 0.161 e. The minimum atomic E-state index is -0.622. The molecule has 0 spiro atoms. The molecule has 1 saturated carbocycles. The van der Waals surface area contributed by atoms with Crippen LogP contribution in [0.4, 0.5) is 0 Å². The van der Waals surface area contributed by atoms with E-state index in [1.807, 2.05) is 18.2 Å². The summed E-state index contributed by atoms with van der Waals surface area (Å²) in [6.45, 7) is 1.11. The topological polar surface area (TPSA) is 71.0 Å². The zero-order valence-electron chi connectivity index (χ0n) is 11.8. The van der Waals surface area contributed by atoms with E-state index in [1.54, 1.807) is 13.2 Å². The molecule has 1 aliphatic rings. The normalized spacial score (nSPS) is 18.1. The molecule has 0 heterocycles. The fourth-order valence-electron chi connectivity index (χ4n) is 2.22. The van der Waals surface area contributed by atoms with Crippen LogP contribution in [-0.4, -0.2) is 48.7 Å². The highest BCUT2D eigenvalue weighted by Gasteiger charge is 2.33. The highest BCUT2D eigenvalue weighted by atomic mass is 16.5. The molecular formula is C15H23NO4. The van der Waals surface area contributed by atoms with Gasteiger partial charge >= 0.3 is 0 Å². The molecule has 3 N–H and O–H groups in total. The number of rotatable bonds is 8. The fourth-order valence-corrected chi connectivity index (χ4v) is 2.22. The minimum Gasteiger partial charge on any atom is -0.493 e. The molecule has 1 atom stereocenters. The van der Waals surface area contributed by atoms with Crippen molar-refractivity contribution >= 4 is 0 Å². The number of aliphatic hydroxyl groups is 2. The predicted octanol–water partition coefficient (Wildman–Crippen LogP) is 0.939. The first kappa shape index (κ1) is 15.1. The third-order valence-corrected chi connectivity index (χ3v) is 3.62. The second kappa shape index (κ2) is 6.92. The average molecular weight is 281 g/mol. The van der Waals surface area contributed by atoms with E-state index in [9.17, 15) is 10.2 Å².